The second kappa shape index (κ2) is 10.1. The first-order chi connectivity index (χ1) is 15.1. The molecule has 0 unspecified atom stereocenters. The van der Waals surface area contributed by atoms with Crippen LogP contribution in [0.2, 0.25) is 0 Å². The Morgan fingerprint density at radius 3 is 2.77 bits per heavy atom. The average Bonchev–Trinajstić information content (AvgIpc) is 3.24. The maximum atomic E-state index is 13.6. The number of rotatable bonds is 7. The number of hydrogen-bond donors (Lipinski definition) is 0. The van der Waals surface area contributed by atoms with Crippen LogP contribution in [-0.4, -0.2) is 62.3 Å². The number of benzene rings is 2. The minimum atomic E-state index is -0.0508. The van der Waals surface area contributed by atoms with Gasteiger partial charge in [-0.3, -0.25) is 14.6 Å². The van der Waals surface area contributed by atoms with Crippen molar-refractivity contribution in [3.8, 4) is 5.75 Å². The molecular formula is C23H26BrN3O3S. The number of amides is 1. The van der Waals surface area contributed by atoms with Crippen molar-refractivity contribution in [1.82, 2.24) is 9.88 Å². The standard InChI is InChI=1S/C23H26BrN3O3S/c1-16-8-9-19(29-2)20-21(16)31-23(25-20)27(11-5-10-26-12-14-30-15-13-26)22(28)17-6-3-4-7-18(17)24/h3-4,6-9H,5,10-15H2,1-2H3. The summed E-state index contributed by atoms with van der Waals surface area (Å²) in [6.07, 6.45) is 0.863. The van der Waals surface area contributed by atoms with E-state index in [0.717, 1.165) is 65.3 Å². The molecule has 1 aliphatic heterocycles. The molecule has 0 N–H and O–H groups in total. The Morgan fingerprint density at radius 1 is 1.26 bits per heavy atom. The van der Waals surface area contributed by atoms with Gasteiger partial charge in [0.05, 0.1) is 30.6 Å². The number of nitrogens with zero attached hydrogens (tertiary/aromatic N) is 3. The van der Waals surface area contributed by atoms with Crippen molar-refractivity contribution in [3.63, 3.8) is 0 Å². The fourth-order valence-corrected chi connectivity index (χ4v) is 5.25. The van der Waals surface area contributed by atoms with Gasteiger partial charge in [-0.05, 0) is 53.0 Å². The minimum Gasteiger partial charge on any atom is -0.494 e. The van der Waals surface area contributed by atoms with E-state index < -0.39 is 0 Å². The van der Waals surface area contributed by atoms with E-state index in [1.807, 2.05) is 41.3 Å². The summed E-state index contributed by atoms with van der Waals surface area (Å²) in [4.78, 5) is 22.6. The van der Waals surface area contributed by atoms with Gasteiger partial charge in [-0.15, -0.1) is 0 Å². The van der Waals surface area contributed by atoms with E-state index in [4.69, 9.17) is 14.5 Å². The van der Waals surface area contributed by atoms with Crippen LogP contribution in [0.25, 0.3) is 10.2 Å². The second-order valence-corrected chi connectivity index (χ2v) is 9.33. The number of morpholine rings is 1. The van der Waals surface area contributed by atoms with Gasteiger partial charge in [0.1, 0.15) is 11.3 Å². The molecule has 8 heteroatoms. The van der Waals surface area contributed by atoms with E-state index in [9.17, 15) is 4.79 Å². The van der Waals surface area contributed by atoms with Crippen LogP contribution in [0.5, 0.6) is 5.75 Å². The molecule has 2 aromatic carbocycles. The molecule has 0 atom stereocenters. The number of fused-ring (bicyclic) bond motifs is 1. The summed E-state index contributed by atoms with van der Waals surface area (Å²) in [6, 6.07) is 11.5. The number of ether oxygens (including phenoxy) is 2. The maximum absolute atomic E-state index is 13.6. The smallest absolute Gasteiger partial charge is 0.261 e. The largest absolute Gasteiger partial charge is 0.494 e. The molecule has 0 bridgehead atoms. The number of carbonyl (C=O) groups is 1. The van der Waals surface area contributed by atoms with E-state index >= 15 is 0 Å². The van der Waals surface area contributed by atoms with E-state index in [1.54, 1.807) is 18.4 Å². The van der Waals surface area contributed by atoms with Crippen LogP contribution < -0.4 is 9.64 Å². The second-order valence-electron chi connectivity index (χ2n) is 7.50. The quantitative estimate of drug-likeness (QED) is 0.465. The summed E-state index contributed by atoms with van der Waals surface area (Å²) in [5.74, 6) is 0.676. The van der Waals surface area contributed by atoms with Crippen LogP contribution in [0.15, 0.2) is 40.9 Å². The lowest BCUT2D eigenvalue weighted by Crippen LogP contribution is -2.39. The van der Waals surface area contributed by atoms with Crippen LogP contribution in [0, 0.1) is 6.92 Å². The van der Waals surface area contributed by atoms with E-state index in [-0.39, 0.29) is 5.91 Å². The average molecular weight is 504 g/mol. The van der Waals surface area contributed by atoms with E-state index in [0.29, 0.717) is 17.2 Å². The number of aromatic nitrogens is 1. The Morgan fingerprint density at radius 2 is 2.03 bits per heavy atom. The molecule has 1 fully saturated rings. The summed E-state index contributed by atoms with van der Waals surface area (Å²) in [6.45, 7) is 7.01. The van der Waals surface area contributed by atoms with Gasteiger partial charge in [0.15, 0.2) is 5.13 Å². The zero-order valence-electron chi connectivity index (χ0n) is 17.8. The van der Waals surface area contributed by atoms with Crippen molar-refractivity contribution in [2.45, 2.75) is 13.3 Å². The van der Waals surface area contributed by atoms with Crippen LogP contribution in [-0.2, 0) is 4.74 Å². The highest BCUT2D eigenvalue weighted by Gasteiger charge is 2.24. The number of methoxy groups -OCH3 is 1. The lowest BCUT2D eigenvalue weighted by molar-refractivity contribution is 0.0376. The summed E-state index contributed by atoms with van der Waals surface area (Å²) in [5.41, 5.74) is 2.57. The topological polar surface area (TPSA) is 54.9 Å². The Hall–Kier alpha value is -2.00. The zero-order valence-corrected chi connectivity index (χ0v) is 20.2. The van der Waals surface area contributed by atoms with Crippen molar-refractivity contribution in [2.75, 3.05) is 51.4 Å². The van der Waals surface area contributed by atoms with Gasteiger partial charge in [0, 0.05) is 30.7 Å². The Labute approximate surface area is 194 Å². The Balaban J connectivity index is 1.64. The number of carbonyl (C=O) groups excluding carboxylic acids is 1. The summed E-state index contributed by atoms with van der Waals surface area (Å²) < 4.78 is 12.8. The van der Waals surface area contributed by atoms with Crippen LogP contribution >= 0.6 is 27.3 Å². The number of hydrogen-bond acceptors (Lipinski definition) is 6. The van der Waals surface area contributed by atoms with Crippen molar-refractivity contribution in [1.29, 1.82) is 0 Å². The molecule has 0 aliphatic carbocycles. The van der Waals surface area contributed by atoms with E-state index in [2.05, 4.69) is 27.8 Å². The van der Waals surface area contributed by atoms with Crippen molar-refractivity contribution in [2.24, 2.45) is 0 Å². The first-order valence-corrected chi connectivity index (χ1v) is 12.0. The molecule has 2 heterocycles. The summed E-state index contributed by atoms with van der Waals surface area (Å²) in [7, 11) is 1.65. The first-order valence-electron chi connectivity index (χ1n) is 10.4. The molecule has 164 valence electrons. The molecule has 0 spiro atoms. The van der Waals surface area contributed by atoms with Gasteiger partial charge in [-0.2, -0.15) is 0 Å². The van der Waals surface area contributed by atoms with Crippen molar-refractivity contribution >= 4 is 48.5 Å². The van der Waals surface area contributed by atoms with Gasteiger partial charge in [0.25, 0.3) is 5.91 Å². The molecule has 1 amide bonds. The molecule has 3 aromatic rings. The van der Waals surface area contributed by atoms with Gasteiger partial charge in [-0.25, -0.2) is 4.98 Å². The summed E-state index contributed by atoms with van der Waals surface area (Å²) >= 11 is 5.07. The molecule has 1 aliphatic rings. The molecule has 1 saturated heterocycles. The molecular weight excluding hydrogens is 478 g/mol. The van der Waals surface area contributed by atoms with Crippen molar-refractivity contribution < 1.29 is 14.3 Å². The molecule has 1 aromatic heterocycles. The monoisotopic (exact) mass is 503 g/mol. The normalized spacial score (nSPS) is 14.7. The highest BCUT2D eigenvalue weighted by atomic mass is 79.9. The lowest BCUT2D eigenvalue weighted by atomic mass is 10.2. The molecule has 0 radical (unpaired) electrons. The first kappa shape index (κ1) is 22.2. The lowest BCUT2D eigenvalue weighted by Gasteiger charge is -2.27. The van der Waals surface area contributed by atoms with Crippen LogP contribution in [0.4, 0.5) is 5.13 Å². The summed E-state index contributed by atoms with van der Waals surface area (Å²) in [5, 5.41) is 0.699. The fourth-order valence-electron chi connectivity index (χ4n) is 3.72. The van der Waals surface area contributed by atoms with Gasteiger partial charge in [-0.1, -0.05) is 29.5 Å². The molecule has 4 rings (SSSR count). The molecule has 0 saturated carbocycles. The Kier molecular flexibility index (Phi) is 7.22. The number of thiazole rings is 1. The number of anilines is 1. The highest BCUT2D eigenvalue weighted by molar-refractivity contribution is 9.10. The van der Waals surface area contributed by atoms with Gasteiger partial charge in [0.2, 0.25) is 0 Å². The maximum Gasteiger partial charge on any atom is 0.261 e. The predicted octanol–water partition coefficient (Wildman–Crippen LogP) is 4.74. The molecule has 6 nitrogen and oxygen atoms in total. The van der Waals surface area contributed by atoms with Crippen LogP contribution in [0.1, 0.15) is 22.3 Å². The Bertz CT molecular complexity index is 1070. The molecule has 31 heavy (non-hydrogen) atoms. The van der Waals surface area contributed by atoms with Crippen LogP contribution in [0.3, 0.4) is 0 Å². The zero-order chi connectivity index (χ0) is 21.8. The third-order valence-corrected chi connectivity index (χ3v) is 7.36. The fraction of sp³-hybridized carbons (Fsp3) is 0.391. The van der Waals surface area contributed by atoms with Gasteiger partial charge < -0.3 is 9.47 Å². The highest BCUT2D eigenvalue weighted by Crippen LogP contribution is 2.37. The van der Waals surface area contributed by atoms with E-state index in [1.165, 1.54) is 0 Å². The minimum absolute atomic E-state index is 0.0508. The third kappa shape index (κ3) is 4.92. The van der Waals surface area contributed by atoms with Gasteiger partial charge >= 0.3 is 0 Å². The number of aryl methyl sites for hydroxylation is 1. The predicted molar refractivity (Wildman–Crippen MR) is 129 cm³/mol. The third-order valence-electron chi connectivity index (χ3n) is 5.45. The SMILES string of the molecule is COc1ccc(C)c2sc(N(CCCN3CCOCC3)C(=O)c3ccccc3Br)nc12. The van der Waals surface area contributed by atoms with Crippen molar-refractivity contribution in [3.05, 3.63) is 52.0 Å². The number of halogens is 1.